The molecule has 4 heteroatoms. The van der Waals surface area contributed by atoms with Crippen molar-refractivity contribution in [2.24, 2.45) is 0 Å². The molecule has 0 bridgehead atoms. The monoisotopic (exact) mass is 464 g/mol. The molecule has 0 amide bonds. The summed E-state index contributed by atoms with van der Waals surface area (Å²) in [5.41, 5.74) is 3.90. The fourth-order valence-electron chi connectivity index (χ4n) is 4.46. The smallest absolute Gasteiger partial charge is 0.200 e. The molecule has 0 aromatic heterocycles. The third-order valence-corrected chi connectivity index (χ3v) is 6.51. The number of ether oxygens (including phenoxy) is 2. The third kappa shape index (κ3) is 5.67. The van der Waals surface area contributed by atoms with E-state index in [2.05, 4.69) is 13.8 Å². The standard InChI is InChI=1S/C30H34F2O2/c1-3-5-7-9-21-11-13-22(14-12-21)25-16-17-26(30(32)29(25)31)23-15-18-27-24(19-23)20-33-28(34-27)10-8-6-4-2/h11-19,28H,3-10,20H2,1-2H3. The van der Waals surface area contributed by atoms with E-state index < -0.39 is 11.6 Å². The molecule has 1 atom stereocenters. The number of unbranched alkanes of at least 4 members (excludes halogenated alkanes) is 4. The van der Waals surface area contributed by atoms with Crippen LogP contribution in [0.4, 0.5) is 8.78 Å². The largest absolute Gasteiger partial charge is 0.465 e. The van der Waals surface area contributed by atoms with Crippen LogP contribution in [0, 0.1) is 11.6 Å². The van der Waals surface area contributed by atoms with E-state index in [1.807, 2.05) is 36.4 Å². The van der Waals surface area contributed by atoms with Crippen molar-refractivity contribution in [3.05, 3.63) is 77.4 Å². The van der Waals surface area contributed by atoms with Crippen LogP contribution in [0.1, 0.15) is 69.9 Å². The highest BCUT2D eigenvalue weighted by Crippen LogP contribution is 2.35. The summed E-state index contributed by atoms with van der Waals surface area (Å²) in [6.07, 6.45) is 8.51. The summed E-state index contributed by atoms with van der Waals surface area (Å²) in [4.78, 5) is 0. The van der Waals surface area contributed by atoms with Gasteiger partial charge in [0.15, 0.2) is 17.9 Å². The number of hydrogen-bond donors (Lipinski definition) is 0. The Kier molecular flexibility index (Phi) is 8.34. The molecule has 4 rings (SSSR count). The van der Waals surface area contributed by atoms with Gasteiger partial charge in [0, 0.05) is 23.1 Å². The molecule has 0 N–H and O–H groups in total. The van der Waals surface area contributed by atoms with E-state index >= 15 is 8.78 Å². The van der Waals surface area contributed by atoms with Crippen molar-refractivity contribution < 1.29 is 18.3 Å². The summed E-state index contributed by atoms with van der Waals surface area (Å²) in [7, 11) is 0. The maximum absolute atomic E-state index is 15.1. The zero-order valence-electron chi connectivity index (χ0n) is 20.2. The second-order valence-electron chi connectivity index (χ2n) is 9.12. The van der Waals surface area contributed by atoms with Gasteiger partial charge in [0.05, 0.1) is 6.61 Å². The predicted octanol–water partition coefficient (Wildman–Crippen LogP) is 8.85. The van der Waals surface area contributed by atoms with Crippen molar-refractivity contribution in [3.8, 4) is 28.0 Å². The summed E-state index contributed by atoms with van der Waals surface area (Å²) < 4.78 is 42.0. The molecule has 0 saturated heterocycles. The summed E-state index contributed by atoms with van der Waals surface area (Å²) in [5, 5.41) is 0. The number of fused-ring (bicyclic) bond motifs is 1. The molecule has 1 aliphatic rings. The van der Waals surface area contributed by atoms with E-state index in [1.165, 1.54) is 18.4 Å². The van der Waals surface area contributed by atoms with Crippen LogP contribution in [0.5, 0.6) is 5.75 Å². The number of rotatable bonds is 10. The van der Waals surface area contributed by atoms with Gasteiger partial charge in [0.25, 0.3) is 0 Å². The Morgan fingerprint density at radius 1 is 0.765 bits per heavy atom. The van der Waals surface area contributed by atoms with Gasteiger partial charge >= 0.3 is 0 Å². The van der Waals surface area contributed by atoms with E-state index in [0.717, 1.165) is 49.8 Å². The van der Waals surface area contributed by atoms with Crippen LogP contribution in [0.3, 0.4) is 0 Å². The van der Waals surface area contributed by atoms with Gasteiger partial charge in [0.1, 0.15) is 5.75 Å². The van der Waals surface area contributed by atoms with E-state index in [1.54, 1.807) is 18.2 Å². The first-order chi connectivity index (χ1) is 16.6. The minimum atomic E-state index is -0.834. The van der Waals surface area contributed by atoms with Crippen molar-refractivity contribution in [1.82, 2.24) is 0 Å². The molecule has 0 aliphatic carbocycles. The lowest BCUT2D eigenvalue weighted by molar-refractivity contribution is -0.112. The molecule has 3 aromatic carbocycles. The van der Waals surface area contributed by atoms with E-state index in [0.29, 0.717) is 17.7 Å². The minimum absolute atomic E-state index is 0.239. The van der Waals surface area contributed by atoms with Crippen molar-refractivity contribution in [2.75, 3.05) is 0 Å². The van der Waals surface area contributed by atoms with Gasteiger partial charge in [-0.05, 0) is 48.1 Å². The normalized spacial score (nSPS) is 15.1. The lowest BCUT2D eigenvalue weighted by atomic mass is 9.96. The maximum Gasteiger partial charge on any atom is 0.200 e. The molecule has 180 valence electrons. The Labute approximate surface area is 201 Å². The molecule has 1 aliphatic heterocycles. The molecule has 1 heterocycles. The molecule has 0 spiro atoms. The van der Waals surface area contributed by atoms with Crippen molar-refractivity contribution in [2.45, 2.75) is 78.1 Å². The van der Waals surface area contributed by atoms with Crippen LogP contribution in [0.2, 0.25) is 0 Å². The lowest BCUT2D eigenvalue weighted by Crippen LogP contribution is -2.25. The Bertz CT molecular complexity index is 1090. The van der Waals surface area contributed by atoms with Crippen molar-refractivity contribution in [1.29, 1.82) is 0 Å². The zero-order valence-corrected chi connectivity index (χ0v) is 20.2. The Morgan fingerprint density at radius 2 is 1.41 bits per heavy atom. The summed E-state index contributed by atoms with van der Waals surface area (Å²) in [5.74, 6) is -0.898. The molecule has 34 heavy (non-hydrogen) atoms. The first-order valence-corrected chi connectivity index (χ1v) is 12.6. The summed E-state index contributed by atoms with van der Waals surface area (Å²) in [6.45, 7) is 4.76. The average Bonchev–Trinajstić information content (AvgIpc) is 2.86. The highest BCUT2D eigenvalue weighted by Gasteiger charge is 2.22. The first kappa shape index (κ1) is 24.4. The molecular formula is C30H34F2O2. The van der Waals surface area contributed by atoms with Gasteiger partial charge in [0.2, 0.25) is 0 Å². The van der Waals surface area contributed by atoms with Gasteiger partial charge < -0.3 is 9.47 Å². The van der Waals surface area contributed by atoms with Crippen LogP contribution < -0.4 is 4.74 Å². The average molecular weight is 465 g/mol. The van der Waals surface area contributed by atoms with Gasteiger partial charge in [-0.2, -0.15) is 0 Å². The molecule has 1 unspecified atom stereocenters. The van der Waals surface area contributed by atoms with E-state index in [9.17, 15) is 0 Å². The first-order valence-electron chi connectivity index (χ1n) is 12.6. The summed E-state index contributed by atoms with van der Waals surface area (Å²) in [6, 6.07) is 16.6. The van der Waals surface area contributed by atoms with Gasteiger partial charge in [-0.3, -0.25) is 0 Å². The van der Waals surface area contributed by atoms with Gasteiger partial charge in [-0.25, -0.2) is 8.78 Å². The molecule has 0 fully saturated rings. The Hall–Kier alpha value is -2.72. The molecule has 0 saturated carbocycles. The van der Waals surface area contributed by atoms with Gasteiger partial charge in [-0.15, -0.1) is 0 Å². The van der Waals surface area contributed by atoms with Gasteiger partial charge in [-0.1, -0.05) is 82.0 Å². The number of halogens is 2. The molecular weight excluding hydrogens is 430 g/mol. The quantitative estimate of drug-likeness (QED) is 0.279. The molecule has 2 nitrogen and oxygen atoms in total. The fraction of sp³-hybridized carbons (Fsp3) is 0.400. The molecule has 0 radical (unpaired) electrons. The highest BCUT2D eigenvalue weighted by molar-refractivity contribution is 5.72. The summed E-state index contributed by atoms with van der Waals surface area (Å²) >= 11 is 0. The van der Waals surface area contributed by atoms with Crippen LogP contribution in [-0.4, -0.2) is 6.29 Å². The van der Waals surface area contributed by atoms with Crippen LogP contribution >= 0.6 is 0 Å². The number of hydrogen-bond acceptors (Lipinski definition) is 2. The topological polar surface area (TPSA) is 18.5 Å². The minimum Gasteiger partial charge on any atom is -0.465 e. The van der Waals surface area contributed by atoms with Crippen LogP contribution in [0.15, 0.2) is 54.6 Å². The maximum atomic E-state index is 15.1. The van der Waals surface area contributed by atoms with E-state index in [-0.39, 0.29) is 17.4 Å². The van der Waals surface area contributed by atoms with Crippen LogP contribution in [0.25, 0.3) is 22.3 Å². The predicted molar refractivity (Wildman–Crippen MR) is 134 cm³/mol. The van der Waals surface area contributed by atoms with Crippen molar-refractivity contribution >= 4 is 0 Å². The lowest BCUT2D eigenvalue weighted by Gasteiger charge is -2.27. The highest BCUT2D eigenvalue weighted by atomic mass is 19.2. The second kappa shape index (κ2) is 11.6. The zero-order chi connectivity index (χ0) is 23.9. The number of benzene rings is 3. The molecule has 3 aromatic rings. The number of aryl methyl sites for hydroxylation is 1. The Morgan fingerprint density at radius 3 is 2.12 bits per heavy atom. The Balaban J connectivity index is 1.50. The van der Waals surface area contributed by atoms with Crippen molar-refractivity contribution in [3.63, 3.8) is 0 Å². The van der Waals surface area contributed by atoms with Crippen LogP contribution in [-0.2, 0) is 17.8 Å². The third-order valence-electron chi connectivity index (χ3n) is 6.51. The van der Waals surface area contributed by atoms with E-state index in [4.69, 9.17) is 9.47 Å². The fourth-order valence-corrected chi connectivity index (χ4v) is 4.46. The SMILES string of the molecule is CCCCCc1ccc(-c2ccc(-c3ccc4c(c3)COC(CCCCC)O4)c(F)c2F)cc1. The second-order valence-corrected chi connectivity index (χ2v) is 9.12.